The number of hydrogen-bond acceptors (Lipinski definition) is 4. The van der Waals surface area contributed by atoms with Gasteiger partial charge in [-0.05, 0) is 0 Å². The third-order valence-electron chi connectivity index (χ3n) is 0.457. The zero-order valence-corrected chi connectivity index (χ0v) is 9.08. The number of hydrogen-bond donors (Lipinski definition) is 2. The minimum Gasteiger partial charge on any atom is -0.542 e. The van der Waals surface area contributed by atoms with E-state index in [-0.39, 0.29) is 35.0 Å². The van der Waals surface area contributed by atoms with Gasteiger partial charge in [-0.2, -0.15) is 0 Å². The van der Waals surface area contributed by atoms with Crippen molar-refractivity contribution in [1.29, 1.82) is 0 Å². The van der Waals surface area contributed by atoms with E-state index in [4.69, 9.17) is 9.79 Å². The first-order valence-corrected chi connectivity index (χ1v) is 3.51. The number of carboxylic acid groups (broad SMARTS) is 1. The molecule has 12 heavy (non-hydrogen) atoms. The zero-order chi connectivity index (χ0) is 8.36. The van der Waals surface area contributed by atoms with Crippen molar-refractivity contribution >= 4 is 13.8 Å². The Bertz CT molecular complexity index is 207. The number of carboxylic acids is 1. The van der Waals surface area contributed by atoms with E-state index in [1.165, 1.54) is 0 Å². The number of phosphoric ester groups is 1. The van der Waals surface area contributed by atoms with Crippen molar-refractivity contribution in [3.63, 3.8) is 0 Å². The van der Waals surface area contributed by atoms with E-state index in [9.17, 15) is 14.5 Å². The van der Waals surface area contributed by atoms with Gasteiger partial charge in [0, 0.05) is 0 Å². The van der Waals surface area contributed by atoms with Crippen LogP contribution >= 0.6 is 7.82 Å². The average Bonchev–Trinajstić information content (AvgIpc) is 1.60. The maximum absolute atomic E-state index is 9.87. The molecular formula is C3H6NaO7P. The second-order valence-corrected chi connectivity index (χ2v) is 2.46. The van der Waals surface area contributed by atoms with Crippen LogP contribution in [0.15, 0.2) is 12.3 Å². The molecule has 7 nitrogen and oxygen atoms in total. The maximum atomic E-state index is 9.87. The molecular weight excluding hydrogens is 202 g/mol. The molecule has 0 spiro atoms. The Balaban J connectivity index is -0.000000405. The van der Waals surface area contributed by atoms with Gasteiger partial charge in [0.25, 0.3) is 0 Å². The van der Waals surface area contributed by atoms with Crippen molar-refractivity contribution in [1.82, 2.24) is 0 Å². The van der Waals surface area contributed by atoms with E-state index in [0.717, 1.165) is 0 Å². The molecule has 0 saturated carbocycles. The predicted octanol–water partition coefficient (Wildman–Crippen LogP) is -5.46. The van der Waals surface area contributed by atoms with Crippen LogP contribution < -0.4 is 34.7 Å². The summed E-state index contributed by atoms with van der Waals surface area (Å²) in [5, 5.41) is 9.70. The first-order valence-electron chi connectivity index (χ1n) is 1.98. The van der Waals surface area contributed by atoms with Crippen molar-refractivity contribution in [3.05, 3.63) is 12.3 Å². The summed E-state index contributed by atoms with van der Waals surface area (Å²) in [5.41, 5.74) is 0. The molecule has 9 heteroatoms. The van der Waals surface area contributed by atoms with Crippen LogP contribution in [-0.2, 0) is 13.9 Å². The second-order valence-electron chi connectivity index (χ2n) is 1.29. The molecule has 0 aromatic rings. The molecule has 0 radical (unpaired) electrons. The minimum absolute atomic E-state index is 0. The maximum Gasteiger partial charge on any atom is 1.00 e. The van der Waals surface area contributed by atoms with Crippen LogP contribution in [0.1, 0.15) is 0 Å². The molecule has 0 aliphatic rings. The Kier molecular flexibility index (Phi) is 9.93. The summed E-state index contributed by atoms with van der Waals surface area (Å²) in [4.78, 5) is 25.6. The molecule has 0 saturated heterocycles. The molecule has 0 atom stereocenters. The van der Waals surface area contributed by atoms with Gasteiger partial charge in [-0.15, -0.1) is 0 Å². The van der Waals surface area contributed by atoms with E-state index in [0.29, 0.717) is 0 Å². The van der Waals surface area contributed by atoms with Crippen molar-refractivity contribution in [2.45, 2.75) is 0 Å². The van der Waals surface area contributed by atoms with Gasteiger partial charge in [-0.3, -0.25) is 9.79 Å². The van der Waals surface area contributed by atoms with Gasteiger partial charge in [-0.1, -0.05) is 6.58 Å². The van der Waals surface area contributed by atoms with E-state index < -0.39 is 19.6 Å². The van der Waals surface area contributed by atoms with Crippen LogP contribution in [0.2, 0.25) is 0 Å². The molecule has 0 fully saturated rings. The fraction of sp³-hybridized carbons (Fsp3) is 0. The first kappa shape index (κ1) is 18.0. The molecule has 0 aromatic heterocycles. The smallest absolute Gasteiger partial charge is 0.542 e. The SMILES string of the molecule is C=C(OP(=O)(O)O)C(=O)[O-].O.[Na+]. The molecule has 0 amide bonds. The van der Waals surface area contributed by atoms with Gasteiger partial charge < -0.3 is 19.9 Å². The van der Waals surface area contributed by atoms with Gasteiger partial charge in [0.2, 0.25) is 0 Å². The topological polar surface area (TPSA) is 138 Å². The van der Waals surface area contributed by atoms with Gasteiger partial charge >= 0.3 is 37.4 Å². The summed E-state index contributed by atoms with van der Waals surface area (Å²) in [6.45, 7) is 2.66. The van der Waals surface area contributed by atoms with Crippen molar-refractivity contribution < 1.29 is 63.8 Å². The average molecular weight is 208 g/mol. The van der Waals surface area contributed by atoms with Gasteiger partial charge in [0.05, 0.1) is 0 Å². The zero-order valence-electron chi connectivity index (χ0n) is 6.18. The number of carbonyl (C=O) groups excluding carboxylic acids is 1. The Hall–Kier alpha value is 0.120. The first-order chi connectivity index (χ1) is 4.33. The van der Waals surface area contributed by atoms with Gasteiger partial charge in [-0.25, -0.2) is 4.57 Å². The summed E-state index contributed by atoms with van der Waals surface area (Å²) in [6.07, 6.45) is 0. The molecule has 66 valence electrons. The quantitative estimate of drug-likeness (QED) is 0.205. The summed E-state index contributed by atoms with van der Waals surface area (Å²) >= 11 is 0. The predicted molar refractivity (Wildman–Crippen MR) is 30.9 cm³/mol. The van der Waals surface area contributed by atoms with E-state index in [1.807, 2.05) is 0 Å². The van der Waals surface area contributed by atoms with Crippen LogP contribution in [-0.4, -0.2) is 21.2 Å². The summed E-state index contributed by atoms with van der Waals surface area (Å²) < 4.78 is 13.4. The summed E-state index contributed by atoms with van der Waals surface area (Å²) in [5.74, 6) is -2.95. The number of rotatable bonds is 3. The Morgan fingerprint density at radius 3 is 1.92 bits per heavy atom. The van der Waals surface area contributed by atoms with Gasteiger partial charge in [0.1, 0.15) is 11.7 Å². The van der Waals surface area contributed by atoms with Crippen LogP contribution in [0.3, 0.4) is 0 Å². The molecule has 0 aliphatic carbocycles. The molecule has 4 N–H and O–H groups in total. The van der Waals surface area contributed by atoms with E-state index in [1.54, 1.807) is 0 Å². The Labute approximate surface area is 89.9 Å². The summed E-state index contributed by atoms with van der Waals surface area (Å²) in [7, 11) is -4.80. The van der Waals surface area contributed by atoms with Crippen LogP contribution in [0.25, 0.3) is 0 Å². The molecule has 0 heterocycles. The summed E-state index contributed by atoms with van der Waals surface area (Å²) in [6, 6.07) is 0. The van der Waals surface area contributed by atoms with Crippen LogP contribution in [0, 0.1) is 0 Å². The Morgan fingerprint density at radius 2 is 1.83 bits per heavy atom. The number of aliphatic carboxylic acids is 1. The van der Waals surface area contributed by atoms with Crippen LogP contribution in [0.4, 0.5) is 0 Å². The number of phosphoric acid groups is 1. The van der Waals surface area contributed by atoms with Crippen molar-refractivity contribution in [2.75, 3.05) is 0 Å². The second kappa shape index (κ2) is 6.62. The third kappa shape index (κ3) is 10.1. The molecule has 0 aromatic carbocycles. The van der Waals surface area contributed by atoms with Crippen LogP contribution in [0.5, 0.6) is 0 Å². The normalized spacial score (nSPS) is 8.83. The standard InChI is InChI=1S/C3H5O6P.Na.H2O/c1-2(3(4)5)9-10(6,7)8;;/h1H2,(H,4,5)(H2,6,7,8);;1H2/q;+1;/p-1. The molecule has 0 rings (SSSR count). The molecule has 0 bridgehead atoms. The molecule has 0 aliphatic heterocycles. The fourth-order valence-electron chi connectivity index (χ4n) is 0.181. The fourth-order valence-corrected chi connectivity index (χ4v) is 0.542. The largest absolute Gasteiger partial charge is 1.00 e. The Morgan fingerprint density at radius 1 is 1.50 bits per heavy atom. The van der Waals surface area contributed by atoms with Gasteiger partial charge in [0.15, 0.2) is 0 Å². The third-order valence-corrected chi connectivity index (χ3v) is 0.915. The molecule has 0 unspecified atom stereocenters. The minimum atomic E-state index is -4.80. The van der Waals surface area contributed by atoms with E-state index >= 15 is 0 Å². The number of carbonyl (C=O) groups is 1. The van der Waals surface area contributed by atoms with E-state index in [2.05, 4.69) is 11.1 Å². The van der Waals surface area contributed by atoms with Crippen molar-refractivity contribution in [3.8, 4) is 0 Å². The van der Waals surface area contributed by atoms with Crippen molar-refractivity contribution in [2.24, 2.45) is 0 Å². The monoisotopic (exact) mass is 208 g/mol.